The molecular weight excluding hydrogens is 680 g/mol. The number of hydrogen-bond donors (Lipinski definition) is 6. The number of phosphoric ester groups is 2. The van der Waals surface area contributed by atoms with Crippen LogP contribution in [-0.4, -0.2) is 89.2 Å². The lowest BCUT2D eigenvalue weighted by molar-refractivity contribution is -0.0504. The molecule has 262 valence electrons. The summed E-state index contributed by atoms with van der Waals surface area (Å²) in [6, 6.07) is 0. The highest BCUT2D eigenvalue weighted by Gasteiger charge is 2.46. The number of phosphoric acid groups is 2. The number of cyclic esters (lactones) is 1. The van der Waals surface area contributed by atoms with E-state index in [4.69, 9.17) is 29.0 Å². The van der Waals surface area contributed by atoms with Gasteiger partial charge >= 0.3 is 21.6 Å². The Kier molecular flexibility index (Phi) is 10.6. The van der Waals surface area contributed by atoms with Crippen LogP contribution in [0.25, 0.3) is 11.2 Å². The van der Waals surface area contributed by atoms with Gasteiger partial charge in [0.1, 0.15) is 53.8 Å². The maximum Gasteiger partial charge on any atom is 0.481 e. The van der Waals surface area contributed by atoms with Crippen molar-refractivity contribution in [2.45, 2.75) is 64.3 Å². The highest BCUT2D eigenvalue weighted by molar-refractivity contribution is 7.61. The largest absolute Gasteiger partial charge is 0.507 e. The Balaban J connectivity index is 1.10. The second-order valence-electron chi connectivity index (χ2n) is 11.1. The van der Waals surface area contributed by atoms with Crippen LogP contribution in [0.3, 0.4) is 0 Å². The van der Waals surface area contributed by atoms with E-state index in [2.05, 4.69) is 19.3 Å². The van der Waals surface area contributed by atoms with Gasteiger partial charge < -0.3 is 45.1 Å². The third-order valence-electron chi connectivity index (χ3n) is 7.88. The first kappa shape index (κ1) is 35.8. The minimum absolute atomic E-state index is 0.0514. The molecule has 4 heterocycles. The number of nitrogens with zero attached hydrogens (tertiary/aromatic N) is 4. The number of aliphatic hydroxyl groups is 2. The highest BCUT2D eigenvalue weighted by Crippen LogP contribution is 2.60. The van der Waals surface area contributed by atoms with Gasteiger partial charge in [0.2, 0.25) is 0 Å². The number of rotatable bonds is 14. The molecular formula is C27H35N5O14P2. The number of aliphatic hydroxyl groups excluding tert-OH is 2. The van der Waals surface area contributed by atoms with Gasteiger partial charge in [0, 0.05) is 11.1 Å². The fourth-order valence-corrected chi connectivity index (χ4v) is 7.55. The van der Waals surface area contributed by atoms with E-state index in [0.717, 1.165) is 5.57 Å². The van der Waals surface area contributed by atoms with Gasteiger partial charge in [-0.3, -0.25) is 13.6 Å². The van der Waals surface area contributed by atoms with E-state index in [0.29, 0.717) is 28.9 Å². The Bertz CT molecular complexity index is 1830. The maximum atomic E-state index is 12.4. The molecule has 21 heteroatoms. The molecule has 0 saturated carbocycles. The zero-order valence-corrected chi connectivity index (χ0v) is 27.7. The summed E-state index contributed by atoms with van der Waals surface area (Å²) in [5.74, 6) is -0.317. The van der Waals surface area contributed by atoms with Crippen LogP contribution in [0.1, 0.15) is 53.0 Å². The first-order valence-electron chi connectivity index (χ1n) is 14.5. The zero-order valence-electron chi connectivity index (χ0n) is 26.0. The number of ether oxygens (including phenoxy) is 3. The number of nitrogen functional groups attached to an aromatic ring is 1. The van der Waals surface area contributed by atoms with Gasteiger partial charge in [-0.05, 0) is 38.7 Å². The summed E-state index contributed by atoms with van der Waals surface area (Å²) in [6.07, 6.45) is -0.747. The fourth-order valence-electron chi connectivity index (χ4n) is 5.44. The van der Waals surface area contributed by atoms with Gasteiger partial charge in [0.25, 0.3) is 0 Å². The lowest BCUT2D eigenvalue weighted by Crippen LogP contribution is -2.33. The molecule has 2 aliphatic heterocycles. The molecule has 48 heavy (non-hydrogen) atoms. The molecule has 0 spiro atoms. The van der Waals surface area contributed by atoms with Crippen molar-refractivity contribution >= 4 is 38.6 Å². The first-order valence-corrected chi connectivity index (χ1v) is 17.5. The minimum Gasteiger partial charge on any atom is -0.507 e. The van der Waals surface area contributed by atoms with Crippen molar-refractivity contribution in [2.24, 2.45) is 0 Å². The molecule has 3 aromatic rings. The van der Waals surface area contributed by atoms with Crippen LogP contribution < -0.4 is 10.5 Å². The van der Waals surface area contributed by atoms with Crippen LogP contribution in [0.4, 0.5) is 5.82 Å². The minimum atomic E-state index is -5.22. The normalized spacial score (nSPS) is 23.6. The Morgan fingerprint density at radius 2 is 1.90 bits per heavy atom. The number of anilines is 1. The molecule has 0 aliphatic carbocycles. The molecule has 6 atom stereocenters. The number of hydrogen-bond acceptors (Lipinski definition) is 16. The van der Waals surface area contributed by atoms with E-state index in [1.54, 1.807) is 19.9 Å². The Hall–Kier alpha value is -3.48. The number of benzene rings is 1. The van der Waals surface area contributed by atoms with Crippen molar-refractivity contribution in [3.05, 3.63) is 46.6 Å². The number of phenols is 1. The molecule has 2 aliphatic rings. The summed E-state index contributed by atoms with van der Waals surface area (Å²) >= 11 is 0. The number of imidazole rings is 1. The van der Waals surface area contributed by atoms with E-state index < -0.39 is 52.8 Å². The maximum absolute atomic E-state index is 12.4. The number of phenolic OH excluding ortho intramolecular Hbond substituents is 1. The monoisotopic (exact) mass is 715 g/mol. The summed E-state index contributed by atoms with van der Waals surface area (Å²) < 4.78 is 56.2. The summed E-state index contributed by atoms with van der Waals surface area (Å²) in [5, 5.41) is 31.7. The van der Waals surface area contributed by atoms with Crippen LogP contribution in [-0.2, 0) is 45.0 Å². The van der Waals surface area contributed by atoms with Gasteiger partial charge in [-0.25, -0.2) is 28.9 Å². The average molecular weight is 716 g/mol. The quantitative estimate of drug-likeness (QED) is 0.0602. The molecule has 0 bridgehead atoms. The number of methoxy groups -OCH3 is 1. The number of aromatic hydroxyl groups is 1. The lowest BCUT2D eigenvalue weighted by Gasteiger charge is -2.19. The number of nitrogens with two attached hydrogens (primary N) is 1. The molecule has 1 aromatic carbocycles. The first-order chi connectivity index (χ1) is 22.6. The zero-order chi connectivity index (χ0) is 35.0. The van der Waals surface area contributed by atoms with Crippen LogP contribution in [0.2, 0.25) is 0 Å². The van der Waals surface area contributed by atoms with Crippen molar-refractivity contribution in [1.29, 1.82) is 0 Å². The van der Waals surface area contributed by atoms with Crippen LogP contribution in [0, 0.1) is 6.92 Å². The predicted octanol–water partition coefficient (Wildman–Crippen LogP) is 1.94. The number of allylic oxidation sites excluding steroid dienone is 2. The predicted molar refractivity (Wildman–Crippen MR) is 164 cm³/mol. The molecule has 2 unspecified atom stereocenters. The summed E-state index contributed by atoms with van der Waals surface area (Å²) in [4.78, 5) is 44.1. The van der Waals surface area contributed by atoms with Crippen molar-refractivity contribution in [3.8, 4) is 11.5 Å². The van der Waals surface area contributed by atoms with Crippen molar-refractivity contribution in [3.63, 3.8) is 0 Å². The molecule has 1 saturated heterocycles. The summed E-state index contributed by atoms with van der Waals surface area (Å²) in [6.45, 7) is 2.44. The molecule has 19 nitrogen and oxygen atoms in total. The SMILES string of the molecule is COc1c(C)c2c(c(O)c1C/C=C(\C)CCCOP(=O)(O)OP(=O)(O)OC[C@H]1O[C@@H](n3cnc4c(N)ncnc43)[C@H](O)[C@@H]1O)C(=O)OC2. The number of carbonyl (C=O) groups excluding carboxylic acids is 1. The molecule has 0 amide bonds. The van der Waals surface area contributed by atoms with E-state index >= 15 is 0 Å². The molecule has 7 N–H and O–H groups in total. The third kappa shape index (κ3) is 7.40. The van der Waals surface area contributed by atoms with Gasteiger partial charge in [-0.2, -0.15) is 4.31 Å². The van der Waals surface area contributed by atoms with Gasteiger partial charge in [0.15, 0.2) is 17.7 Å². The number of carbonyl (C=O) groups is 1. The van der Waals surface area contributed by atoms with Crippen molar-refractivity contribution < 1.29 is 66.6 Å². The van der Waals surface area contributed by atoms with Crippen molar-refractivity contribution in [1.82, 2.24) is 19.5 Å². The van der Waals surface area contributed by atoms with E-state index in [1.807, 2.05) is 0 Å². The third-order valence-corrected chi connectivity index (χ3v) is 10.5. The number of aromatic nitrogens is 4. The van der Waals surface area contributed by atoms with Crippen LogP contribution >= 0.6 is 15.6 Å². The Labute approximate surface area is 273 Å². The molecule has 2 aromatic heterocycles. The van der Waals surface area contributed by atoms with Crippen molar-refractivity contribution in [2.75, 3.05) is 26.1 Å². The lowest BCUT2D eigenvalue weighted by atomic mass is 9.94. The second-order valence-corrected chi connectivity index (χ2v) is 14.1. The Morgan fingerprint density at radius 3 is 2.62 bits per heavy atom. The fraction of sp³-hybridized carbons (Fsp3) is 0.481. The van der Waals surface area contributed by atoms with E-state index in [9.17, 15) is 39.0 Å². The second kappa shape index (κ2) is 14.2. The Morgan fingerprint density at radius 1 is 1.17 bits per heavy atom. The van der Waals surface area contributed by atoms with E-state index in [-0.39, 0.29) is 54.4 Å². The van der Waals surface area contributed by atoms with Gasteiger partial charge in [-0.15, -0.1) is 0 Å². The van der Waals surface area contributed by atoms with Crippen LogP contribution in [0.5, 0.6) is 11.5 Å². The molecule has 0 radical (unpaired) electrons. The van der Waals surface area contributed by atoms with Gasteiger partial charge in [-0.1, -0.05) is 11.6 Å². The van der Waals surface area contributed by atoms with Crippen LogP contribution in [0.15, 0.2) is 24.3 Å². The molecule has 1 fully saturated rings. The summed E-state index contributed by atoms with van der Waals surface area (Å²) in [5.41, 5.74) is 8.78. The number of esters is 1. The topological polar surface area (TPSA) is 277 Å². The number of fused-ring (bicyclic) bond motifs is 2. The highest BCUT2D eigenvalue weighted by atomic mass is 31.3. The average Bonchev–Trinajstić information content (AvgIpc) is 3.71. The standard InChI is InChI=1S/C27H35N5O14P2/c1-13(6-7-15-20(33)18-16(9-42-27(18)36)14(2)23(15)41-3)5-4-8-43-47(37,38)46-48(39,40)44-10-17-21(34)22(35)26(45-17)32-12-31-19-24(28)29-11-30-25(19)32/h6,11-12,17,21-22,26,33-35H,4-5,7-10H2,1-3H3,(H,37,38)(H,39,40)(H2,28,29,30)/b13-6+/t17-,21-,22-,26-/m1/s1. The van der Waals surface area contributed by atoms with Gasteiger partial charge in [0.05, 0.1) is 26.7 Å². The van der Waals surface area contributed by atoms with E-state index in [1.165, 1.54) is 24.3 Å². The smallest absolute Gasteiger partial charge is 0.481 e. The summed E-state index contributed by atoms with van der Waals surface area (Å²) in [7, 11) is -8.86. The molecule has 5 rings (SSSR count).